The second-order valence-corrected chi connectivity index (χ2v) is 7.88. The fraction of sp³-hybridized carbons (Fsp3) is 0.250. The molecule has 2 aromatic heterocycles. The van der Waals surface area contributed by atoms with Gasteiger partial charge in [-0.15, -0.1) is 11.8 Å². The number of benzene rings is 1. The molecule has 3 heterocycles. The molecule has 0 bridgehead atoms. The predicted octanol–water partition coefficient (Wildman–Crippen LogP) is 4.80. The number of aliphatic hydroxyl groups excluding tert-OH is 1. The Bertz CT molecular complexity index is 1010. The summed E-state index contributed by atoms with van der Waals surface area (Å²) in [6, 6.07) is 7.45. The number of aromatic nitrogens is 3. The molecule has 5 nitrogen and oxygen atoms in total. The van der Waals surface area contributed by atoms with Gasteiger partial charge in [-0.2, -0.15) is 4.98 Å². The van der Waals surface area contributed by atoms with Crippen molar-refractivity contribution in [1.82, 2.24) is 15.0 Å². The number of aryl methyl sites for hydroxylation is 1. The molecule has 0 amide bonds. The number of nitrogens with zero attached hydrogens (tertiary/aromatic N) is 3. The maximum Gasteiger partial charge on any atom is 0.227 e. The molecule has 138 valence electrons. The van der Waals surface area contributed by atoms with Crippen LogP contribution in [0.5, 0.6) is 11.6 Å². The van der Waals surface area contributed by atoms with Gasteiger partial charge in [-0.25, -0.2) is 4.98 Å². The van der Waals surface area contributed by atoms with E-state index in [9.17, 15) is 5.11 Å². The molecule has 0 spiro atoms. The van der Waals surface area contributed by atoms with Crippen molar-refractivity contribution >= 4 is 23.4 Å². The summed E-state index contributed by atoms with van der Waals surface area (Å²) < 4.78 is 6.16. The van der Waals surface area contributed by atoms with E-state index in [1.165, 1.54) is 0 Å². The zero-order valence-corrected chi connectivity index (χ0v) is 16.6. The van der Waals surface area contributed by atoms with Crippen molar-refractivity contribution in [3.8, 4) is 23.0 Å². The standard InChI is InChI=1S/C20H18ClN3O2S/c1-3-27-20-16-8-15-13(10-25)9-22-11(2)17(15)26-19(16)23-18(24-20)12-4-6-14(21)7-5-12/h4-7,9,25H,3,8,10H2,1-2H3. The summed E-state index contributed by atoms with van der Waals surface area (Å²) in [5.41, 5.74) is 4.35. The second kappa shape index (κ2) is 7.46. The van der Waals surface area contributed by atoms with Gasteiger partial charge in [0, 0.05) is 34.3 Å². The Morgan fingerprint density at radius 2 is 1.96 bits per heavy atom. The number of hydrogen-bond donors (Lipinski definition) is 1. The summed E-state index contributed by atoms with van der Waals surface area (Å²) in [5.74, 6) is 2.73. The van der Waals surface area contributed by atoms with Crippen LogP contribution in [0.2, 0.25) is 5.02 Å². The Morgan fingerprint density at radius 1 is 1.19 bits per heavy atom. The highest BCUT2D eigenvalue weighted by atomic mass is 35.5. The normalized spacial score (nSPS) is 12.3. The molecule has 0 aliphatic carbocycles. The Balaban J connectivity index is 1.85. The molecule has 7 heteroatoms. The first-order valence-corrected chi connectivity index (χ1v) is 10.0. The van der Waals surface area contributed by atoms with Crippen molar-refractivity contribution in [3.05, 3.63) is 57.9 Å². The number of rotatable bonds is 4. The van der Waals surface area contributed by atoms with E-state index in [2.05, 4.69) is 16.9 Å². The van der Waals surface area contributed by atoms with Crippen LogP contribution in [0.3, 0.4) is 0 Å². The van der Waals surface area contributed by atoms with Gasteiger partial charge in [0.2, 0.25) is 5.88 Å². The molecular formula is C20H18ClN3O2S. The molecule has 4 rings (SSSR count). The van der Waals surface area contributed by atoms with Gasteiger partial charge >= 0.3 is 0 Å². The number of aliphatic hydroxyl groups is 1. The van der Waals surface area contributed by atoms with E-state index in [1.807, 2.05) is 31.2 Å². The van der Waals surface area contributed by atoms with Gasteiger partial charge in [0.1, 0.15) is 5.03 Å². The second-order valence-electron chi connectivity index (χ2n) is 6.19. The van der Waals surface area contributed by atoms with Crippen LogP contribution in [0.1, 0.15) is 29.3 Å². The monoisotopic (exact) mass is 399 g/mol. The average Bonchev–Trinajstić information content (AvgIpc) is 2.68. The molecule has 0 atom stereocenters. The van der Waals surface area contributed by atoms with Gasteiger partial charge in [-0.1, -0.05) is 18.5 Å². The van der Waals surface area contributed by atoms with Crippen molar-refractivity contribution in [1.29, 1.82) is 0 Å². The van der Waals surface area contributed by atoms with Gasteiger partial charge < -0.3 is 9.84 Å². The summed E-state index contributed by atoms with van der Waals surface area (Å²) >= 11 is 7.66. The third kappa shape index (κ3) is 3.40. The zero-order valence-electron chi connectivity index (χ0n) is 15.0. The maximum absolute atomic E-state index is 9.68. The topological polar surface area (TPSA) is 68.1 Å². The molecule has 3 aromatic rings. The first-order chi connectivity index (χ1) is 13.1. The third-order valence-electron chi connectivity index (χ3n) is 4.44. The number of pyridine rings is 1. The molecule has 0 fully saturated rings. The van der Waals surface area contributed by atoms with Crippen molar-refractivity contribution in [3.63, 3.8) is 0 Å². The van der Waals surface area contributed by atoms with Gasteiger partial charge in [-0.3, -0.25) is 4.98 Å². The first kappa shape index (κ1) is 18.2. The predicted molar refractivity (Wildman–Crippen MR) is 107 cm³/mol. The minimum atomic E-state index is -0.0751. The van der Waals surface area contributed by atoms with Gasteiger partial charge in [-0.05, 0) is 36.9 Å². The molecule has 1 aliphatic heterocycles. The smallest absolute Gasteiger partial charge is 0.227 e. The fourth-order valence-corrected chi connectivity index (χ4v) is 3.96. The SMILES string of the molecule is CCSc1nc(-c2ccc(Cl)cc2)nc2c1Cc1c(CO)cnc(C)c1O2. The van der Waals surface area contributed by atoms with Crippen LogP contribution in [0, 0.1) is 6.92 Å². The maximum atomic E-state index is 9.68. The molecule has 0 saturated heterocycles. The van der Waals surface area contributed by atoms with Crippen molar-refractivity contribution in [2.24, 2.45) is 0 Å². The van der Waals surface area contributed by atoms with E-state index in [-0.39, 0.29) is 6.61 Å². The molecule has 1 N–H and O–H groups in total. The minimum Gasteiger partial charge on any atom is -0.436 e. The molecular weight excluding hydrogens is 382 g/mol. The van der Waals surface area contributed by atoms with E-state index in [1.54, 1.807) is 18.0 Å². The largest absolute Gasteiger partial charge is 0.436 e. The van der Waals surface area contributed by atoms with E-state index < -0.39 is 0 Å². The lowest BCUT2D eigenvalue weighted by molar-refractivity contribution is 0.278. The lowest BCUT2D eigenvalue weighted by atomic mass is 9.99. The third-order valence-corrected chi connectivity index (χ3v) is 5.59. The number of halogens is 1. The number of fused-ring (bicyclic) bond motifs is 2. The van der Waals surface area contributed by atoms with E-state index >= 15 is 0 Å². The van der Waals surface area contributed by atoms with Crippen LogP contribution in [0.15, 0.2) is 35.5 Å². The summed E-state index contributed by atoms with van der Waals surface area (Å²) in [6.45, 7) is 3.91. The van der Waals surface area contributed by atoms with Crippen LogP contribution in [0.25, 0.3) is 11.4 Å². The number of hydrogen-bond acceptors (Lipinski definition) is 6. The highest BCUT2D eigenvalue weighted by Crippen LogP contribution is 2.42. The summed E-state index contributed by atoms with van der Waals surface area (Å²) in [4.78, 5) is 13.8. The molecule has 0 unspecified atom stereocenters. The highest BCUT2D eigenvalue weighted by Gasteiger charge is 2.27. The van der Waals surface area contributed by atoms with Crippen molar-refractivity contribution < 1.29 is 9.84 Å². The van der Waals surface area contributed by atoms with Crippen molar-refractivity contribution in [2.45, 2.75) is 31.9 Å². The van der Waals surface area contributed by atoms with E-state index in [0.717, 1.165) is 38.7 Å². The van der Waals surface area contributed by atoms with Gasteiger partial charge in [0.15, 0.2) is 11.6 Å². The molecule has 1 aliphatic rings. The van der Waals surface area contributed by atoms with E-state index in [0.29, 0.717) is 28.9 Å². The molecule has 0 saturated carbocycles. The van der Waals surface area contributed by atoms with Crippen LogP contribution in [-0.4, -0.2) is 25.8 Å². The quantitative estimate of drug-likeness (QED) is 0.392. The van der Waals surface area contributed by atoms with Crippen LogP contribution >= 0.6 is 23.4 Å². The fourth-order valence-electron chi connectivity index (χ4n) is 3.08. The van der Waals surface area contributed by atoms with E-state index in [4.69, 9.17) is 21.3 Å². The highest BCUT2D eigenvalue weighted by molar-refractivity contribution is 7.99. The first-order valence-electron chi connectivity index (χ1n) is 8.66. The minimum absolute atomic E-state index is 0.0751. The zero-order chi connectivity index (χ0) is 19.0. The van der Waals surface area contributed by atoms with Gasteiger partial charge in [0.05, 0.1) is 17.9 Å². The lowest BCUT2D eigenvalue weighted by Gasteiger charge is -2.24. The molecule has 27 heavy (non-hydrogen) atoms. The van der Waals surface area contributed by atoms with Crippen molar-refractivity contribution in [2.75, 3.05) is 5.75 Å². The van der Waals surface area contributed by atoms with Gasteiger partial charge in [0.25, 0.3) is 0 Å². The number of ether oxygens (including phenoxy) is 1. The Hall–Kier alpha value is -2.15. The summed E-state index contributed by atoms with van der Waals surface area (Å²) in [5, 5.41) is 11.2. The summed E-state index contributed by atoms with van der Waals surface area (Å²) in [6.07, 6.45) is 2.32. The lowest BCUT2D eigenvalue weighted by Crippen LogP contribution is -2.13. The average molecular weight is 400 g/mol. The summed E-state index contributed by atoms with van der Waals surface area (Å²) in [7, 11) is 0. The van der Waals surface area contributed by atoms with Crippen LogP contribution in [-0.2, 0) is 13.0 Å². The molecule has 1 aromatic carbocycles. The Morgan fingerprint density at radius 3 is 2.67 bits per heavy atom. The van der Waals surface area contributed by atoms with Crippen LogP contribution in [0.4, 0.5) is 0 Å². The molecule has 0 radical (unpaired) electrons. The Labute approximate surface area is 166 Å². The van der Waals surface area contributed by atoms with Crippen LogP contribution < -0.4 is 4.74 Å². The Kier molecular flexibility index (Phi) is 5.04. The number of thioether (sulfide) groups is 1.